The van der Waals surface area contributed by atoms with Gasteiger partial charge in [-0.2, -0.15) is 0 Å². The Labute approximate surface area is 186 Å². The summed E-state index contributed by atoms with van der Waals surface area (Å²) >= 11 is 0. The molecule has 0 amide bonds. The molecule has 0 fully saturated rings. The number of likely N-dealkylation sites (N-methyl/N-ethyl adjacent to an activating group) is 2. The number of hydrogen-bond donors (Lipinski definition) is 0. The summed E-state index contributed by atoms with van der Waals surface area (Å²) in [6, 6.07) is 19.3. The first-order chi connectivity index (χ1) is 13.2. The van der Waals surface area contributed by atoms with Gasteiger partial charge in [0.25, 0.3) is 5.76 Å². The van der Waals surface area contributed by atoms with Crippen LogP contribution in [0.4, 0.5) is 5.69 Å². The van der Waals surface area contributed by atoms with Crippen molar-refractivity contribution in [2.75, 3.05) is 39.2 Å². The minimum Gasteiger partial charge on any atom is -1.00 e. The summed E-state index contributed by atoms with van der Waals surface area (Å²) in [6.07, 6.45) is 7.53. The Morgan fingerprint density at radius 2 is 1.72 bits per heavy atom. The third-order valence-corrected chi connectivity index (χ3v) is 5.12. The average molecular weight is 429 g/mol. The number of fused-ring (bicyclic) bond motifs is 2. The molecule has 1 aliphatic carbocycles. The van der Waals surface area contributed by atoms with E-state index in [9.17, 15) is 0 Å². The number of anilines is 1. The summed E-state index contributed by atoms with van der Waals surface area (Å²) in [5, 5.41) is 0. The molecule has 1 aliphatic heterocycles. The van der Waals surface area contributed by atoms with Gasteiger partial charge in [-0.15, -0.1) is 12.4 Å². The summed E-state index contributed by atoms with van der Waals surface area (Å²) in [7, 11) is 6.24. The van der Waals surface area contributed by atoms with Crippen LogP contribution in [0.1, 0.15) is 17.0 Å². The summed E-state index contributed by atoms with van der Waals surface area (Å²) in [6.45, 7) is 1.55. The molecule has 0 aromatic heterocycles. The van der Waals surface area contributed by atoms with Gasteiger partial charge >= 0.3 is 0 Å². The molecule has 2 aromatic rings. The monoisotopic (exact) mass is 428 g/mol. The Hall–Kier alpha value is -2.29. The zero-order valence-corrected chi connectivity index (χ0v) is 18.5. The van der Waals surface area contributed by atoms with Crippen molar-refractivity contribution >= 4 is 18.1 Å². The second-order valence-electron chi connectivity index (χ2n) is 7.22. The lowest BCUT2D eigenvalue weighted by molar-refractivity contribution is -0.00000638. The summed E-state index contributed by atoms with van der Waals surface area (Å²) < 4.78 is 6.18. The first kappa shape index (κ1) is 23.0. The Bertz CT molecular complexity index is 919. The molecule has 0 radical (unpaired) electrons. The first-order valence-electron chi connectivity index (χ1n) is 9.36. The minimum absolute atomic E-state index is 0. The number of halogens is 2. The van der Waals surface area contributed by atoms with E-state index in [0.717, 1.165) is 18.0 Å². The fourth-order valence-electron chi connectivity index (χ4n) is 3.81. The van der Waals surface area contributed by atoms with Gasteiger partial charge in [0.15, 0.2) is 5.57 Å². The summed E-state index contributed by atoms with van der Waals surface area (Å²) in [5.41, 5.74) is 6.09. The van der Waals surface area contributed by atoms with Crippen molar-refractivity contribution in [3.8, 4) is 0 Å². The number of allylic oxidation sites excluding steroid dienone is 4. The van der Waals surface area contributed by atoms with Crippen LogP contribution in [-0.4, -0.2) is 39.2 Å². The zero-order chi connectivity index (χ0) is 18.8. The molecule has 152 valence electrons. The second-order valence-corrected chi connectivity index (χ2v) is 7.22. The number of para-hydroxylation sites is 1. The number of ether oxygens (including phenoxy) is 1. The largest absolute Gasteiger partial charge is 1.00 e. The Morgan fingerprint density at radius 1 is 1.03 bits per heavy atom. The molecule has 4 rings (SSSR count). The highest BCUT2D eigenvalue weighted by atomic mass is 35.5. The van der Waals surface area contributed by atoms with Crippen molar-refractivity contribution in [1.82, 2.24) is 4.90 Å². The lowest BCUT2D eigenvalue weighted by Gasteiger charge is -2.33. The first-order valence-corrected chi connectivity index (χ1v) is 9.36. The van der Waals surface area contributed by atoms with Crippen LogP contribution in [0.2, 0.25) is 0 Å². The van der Waals surface area contributed by atoms with Crippen molar-refractivity contribution in [3.05, 3.63) is 101 Å². The molecule has 29 heavy (non-hydrogen) atoms. The molecule has 0 saturated carbocycles. The maximum Gasteiger partial charge on any atom is 0.258 e. The van der Waals surface area contributed by atoms with Crippen molar-refractivity contribution in [2.45, 2.75) is 5.92 Å². The maximum atomic E-state index is 6.18. The number of hydrogen-bond acceptors (Lipinski definition) is 3. The van der Waals surface area contributed by atoms with E-state index in [0.29, 0.717) is 6.61 Å². The fraction of sp³-hybridized carbons (Fsp3) is 0.250. The lowest BCUT2D eigenvalue weighted by atomic mass is 9.78. The van der Waals surface area contributed by atoms with Crippen molar-refractivity contribution in [2.24, 2.45) is 0 Å². The molecule has 0 spiro atoms. The van der Waals surface area contributed by atoms with Gasteiger partial charge in [-0.3, -0.25) is 4.90 Å². The third-order valence-electron chi connectivity index (χ3n) is 5.12. The predicted molar refractivity (Wildman–Crippen MR) is 118 cm³/mol. The lowest BCUT2D eigenvalue weighted by Crippen LogP contribution is -3.00. The van der Waals surface area contributed by atoms with E-state index < -0.39 is 0 Å². The molecule has 1 unspecified atom stereocenters. The number of benzene rings is 2. The van der Waals surface area contributed by atoms with Crippen molar-refractivity contribution in [1.29, 1.82) is 0 Å². The Kier molecular flexibility index (Phi) is 7.89. The SMILES string of the molecule is CN(C)CCOC1=C2C(=[C+]C=C1)C(c1ccccc1)c1ccccc1N2C.Cl.[Cl-]. The van der Waals surface area contributed by atoms with Crippen LogP contribution < -0.4 is 17.3 Å². The third kappa shape index (κ3) is 4.49. The highest BCUT2D eigenvalue weighted by Crippen LogP contribution is 2.48. The minimum atomic E-state index is 0. The molecule has 2 aromatic carbocycles. The van der Waals surface area contributed by atoms with Gasteiger partial charge in [-0.1, -0.05) is 48.5 Å². The van der Waals surface area contributed by atoms with E-state index >= 15 is 0 Å². The van der Waals surface area contributed by atoms with Gasteiger partial charge in [0.2, 0.25) is 5.70 Å². The number of nitrogens with zero attached hydrogens (tertiary/aromatic N) is 2. The quantitative estimate of drug-likeness (QED) is 0.675. The summed E-state index contributed by atoms with van der Waals surface area (Å²) in [5.74, 6) is 1.08. The van der Waals surface area contributed by atoms with E-state index in [-0.39, 0.29) is 30.7 Å². The molecule has 1 heterocycles. The van der Waals surface area contributed by atoms with E-state index in [4.69, 9.17) is 4.74 Å². The standard InChI is InChI=1S/C24H25N2O.2ClH/c1-25(2)16-17-27-22-15-9-13-20-23(18-10-5-4-6-11-18)19-12-7-8-14-21(19)26(3)24(20)22;;/h4-12,14-15,23H,16-17H2,1-3H3;2*1H/q+1;;/p-1. The number of rotatable bonds is 5. The van der Waals surface area contributed by atoms with Gasteiger partial charge in [0, 0.05) is 19.7 Å². The summed E-state index contributed by atoms with van der Waals surface area (Å²) in [4.78, 5) is 4.37. The Balaban J connectivity index is 0.00000150. The van der Waals surface area contributed by atoms with E-state index in [1.807, 2.05) is 12.2 Å². The molecular formula is C24H26Cl2N2O. The molecule has 1 atom stereocenters. The van der Waals surface area contributed by atoms with Crippen molar-refractivity contribution < 1.29 is 17.1 Å². The molecule has 0 bridgehead atoms. The molecule has 0 saturated heterocycles. The second kappa shape index (κ2) is 9.96. The van der Waals surface area contributed by atoms with Crippen LogP contribution in [0.25, 0.3) is 0 Å². The molecule has 0 N–H and O–H groups in total. The molecule has 2 aliphatic rings. The van der Waals surface area contributed by atoms with E-state index in [2.05, 4.69) is 91.6 Å². The van der Waals surface area contributed by atoms with Gasteiger partial charge in [0.1, 0.15) is 12.7 Å². The van der Waals surface area contributed by atoms with Crippen LogP contribution >= 0.6 is 12.4 Å². The topological polar surface area (TPSA) is 15.7 Å². The maximum absolute atomic E-state index is 6.18. The van der Waals surface area contributed by atoms with Crippen LogP contribution in [-0.2, 0) is 4.74 Å². The molecule has 3 nitrogen and oxygen atoms in total. The van der Waals surface area contributed by atoms with Crippen LogP contribution in [0.3, 0.4) is 0 Å². The average Bonchev–Trinajstić information content (AvgIpc) is 2.69. The fourth-order valence-corrected chi connectivity index (χ4v) is 3.81. The van der Waals surface area contributed by atoms with E-state index in [1.54, 1.807) is 0 Å². The van der Waals surface area contributed by atoms with Gasteiger partial charge in [-0.05, 0) is 31.3 Å². The van der Waals surface area contributed by atoms with Gasteiger partial charge < -0.3 is 22.0 Å². The van der Waals surface area contributed by atoms with Crippen LogP contribution in [0, 0.1) is 6.08 Å². The smallest absolute Gasteiger partial charge is 0.258 e. The van der Waals surface area contributed by atoms with Gasteiger partial charge in [-0.25, -0.2) is 0 Å². The van der Waals surface area contributed by atoms with E-state index in [1.165, 1.54) is 22.4 Å². The zero-order valence-electron chi connectivity index (χ0n) is 16.9. The highest BCUT2D eigenvalue weighted by Gasteiger charge is 2.41. The normalized spacial score (nSPS) is 16.8. The van der Waals surface area contributed by atoms with Crippen molar-refractivity contribution in [3.63, 3.8) is 0 Å². The molecule has 5 heteroatoms. The van der Waals surface area contributed by atoms with Gasteiger partial charge in [0.05, 0.1) is 17.7 Å². The highest BCUT2D eigenvalue weighted by molar-refractivity contribution is 5.85. The van der Waals surface area contributed by atoms with Crippen LogP contribution in [0.5, 0.6) is 0 Å². The molecular weight excluding hydrogens is 403 g/mol. The van der Waals surface area contributed by atoms with Crippen LogP contribution in [0.15, 0.2) is 83.8 Å². The predicted octanol–water partition coefficient (Wildman–Crippen LogP) is 1.78. The Morgan fingerprint density at radius 3 is 2.45 bits per heavy atom.